The maximum atomic E-state index is 7.97. The molecule has 0 aromatic carbocycles. The molecule has 0 saturated heterocycles. The summed E-state index contributed by atoms with van der Waals surface area (Å²) in [5.41, 5.74) is 7.97. The average molecular weight is 235 g/mol. The highest BCUT2D eigenvalue weighted by Crippen LogP contribution is 2.10. The zero-order valence-electron chi connectivity index (χ0n) is 6.76. The van der Waals surface area contributed by atoms with Crippen LogP contribution in [0, 0.1) is 0 Å². The Balaban J connectivity index is 2.54. The van der Waals surface area contributed by atoms with Gasteiger partial charge in [-0.3, -0.25) is 0 Å². The standard InChI is InChI=1S/C5H4Cl2N6O/c6-3-10-4(7)12-5(11-3)14-2-1-9-13-8/h1-2H2. The highest BCUT2D eigenvalue weighted by atomic mass is 35.5. The van der Waals surface area contributed by atoms with E-state index < -0.39 is 0 Å². The SMILES string of the molecule is [N-]=[N+]=NCCOc1nc(Cl)nc(Cl)n1. The van der Waals surface area contributed by atoms with Crippen molar-refractivity contribution in [1.82, 2.24) is 15.0 Å². The second kappa shape index (κ2) is 5.43. The Hall–Kier alpha value is -1.30. The number of nitrogens with zero attached hydrogens (tertiary/aromatic N) is 6. The van der Waals surface area contributed by atoms with Crippen LogP contribution in [0.3, 0.4) is 0 Å². The van der Waals surface area contributed by atoms with Gasteiger partial charge in [0.05, 0.1) is 13.2 Å². The van der Waals surface area contributed by atoms with Crippen molar-refractivity contribution in [3.8, 4) is 6.01 Å². The van der Waals surface area contributed by atoms with Crippen LogP contribution < -0.4 is 4.74 Å². The van der Waals surface area contributed by atoms with E-state index in [9.17, 15) is 0 Å². The molecule has 1 aromatic heterocycles. The Morgan fingerprint density at radius 2 is 1.93 bits per heavy atom. The summed E-state index contributed by atoms with van der Waals surface area (Å²) < 4.78 is 4.97. The van der Waals surface area contributed by atoms with Crippen LogP contribution in [0.4, 0.5) is 0 Å². The van der Waals surface area contributed by atoms with Gasteiger partial charge in [0.25, 0.3) is 0 Å². The van der Waals surface area contributed by atoms with E-state index in [2.05, 4.69) is 25.0 Å². The lowest BCUT2D eigenvalue weighted by atomic mass is 10.7. The molecule has 14 heavy (non-hydrogen) atoms. The Kier molecular flexibility index (Phi) is 4.18. The number of azide groups is 1. The molecule has 1 rings (SSSR count). The molecule has 0 aliphatic carbocycles. The molecule has 0 radical (unpaired) electrons. The molecule has 0 unspecified atom stereocenters. The fraction of sp³-hybridized carbons (Fsp3) is 0.400. The number of rotatable bonds is 4. The molecule has 9 heteroatoms. The molecule has 0 aliphatic heterocycles. The number of hydrogen-bond acceptors (Lipinski definition) is 5. The van der Waals surface area contributed by atoms with Crippen LogP contribution in [-0.4, -0.2) is 28.1 Å². The van der Waals surface area contributed by atoms with Crippen molar-refractivity contribution in [3.05, 3.63) is 21.0 Å². The van der Waals surface area contributed by atoms with Crippen molar-refractivity contribution >= 4 is 23.2 Å². The molecule has 74 valence electrons. The molecule has 1 heterocycles. The summed E-state index contributed by atoms with van der Waals surface area (Å²) >= 11 is 11.0. The van der Waals surface area contributed by atoms with Gasteiger partial charge in [0.2, 0.25) is 10.6 Å². The second-order valence-electron chi connectivity index (χ2n) is 1.96. The van der Waals surface area contributed by atoms with Gasteiger partial charge in [-0.1, -0.05) is 5.11 Å². The van der Waals surface area contributed by atoms with Gasteiger partial charge in [-0.05, 0) is 28.7 Å². The largest absolute Gasteiger partial charge is 0.463 e. The predicted molar refractivity (Wildman–Crippen MR) is 49.4 cm³/mol. The van der Waals surface area contributed by atoms with E-state index in [-0.39, 0.29) is 29.7 Å². The third kappa shape index (κ3) is 3.61. The fourth-order valence-electron chi connectivity index (χ4n) is 0.596. The van der Waals surface area contributed by atoms with E-state index in [1.165, 1.54) is 0 Å². The minimum Gasteiger partial charge on any atom is -0.463 e. The molecule has 0 bridgehead atoms. The summed E-state index contributed by atoms with van der Waals surface area (Å²) in [6.45, 7) is 0.332. The van der Waals surface area contributed by atoms with E-state index in [1.807, 2.05) is 0 Å². The van der Waals surface area contributed by atoms with Crippen molar-refractivity contribution in [2.24, 2.45) is 5.11 Å². The lowest BCUT2D eigenvalue weighted by molar-refractivity contribution is 0.301. The number of ether oxygens (including phenoxy) is 1. The molecule has 0 saturated carbocycles. The Bertz CT molecular complexity index is 345. The molecule has 0 atom stereocenters. The van der Waals surface area contributed by atoms with E-state index >= 15 is 0 Å². The first-order chi connectivity index (χ1) is 6.72. The zero-order chi connectivity index (χ0) is 10.4. The minimum atomic E-state index is -0.0521. The number of hydrogen-bond donors (Lipinski definition) is 0. The van der Waals surface area contributed by atoms with Crippen LogP contribution in [0.1, 0.15) is 0 Å². The van der Waals surface area contributed by atoms with Crippen LogP contribution in [-0.2, 0) is 0 Å². The van der Waals surface area contributed by atoms with E-state index in [0.717, 1.165) is 0 Å². The first-order valence-electron chi connectivity index (χ1n) is 3.43. The molecule has 0 N–H and O–H groups in total. The van der Waals surface area contributed by atoms with Gasteiger partial charge < -0.3 is 4.74 Å². The molecule has 7 nitrogen and oxygen atoms in total. The van der Waals surface area contributed by atoms with E-state index in [0.29, 0.717) is 0 Å². The summed E-state index contributed by atoms with van der Waals surface area (Å²) in [4.78, 5) is 13.3. The third-order valence-electron chi connectivity index (χ3n) is 1.05. The normalized spacial score (nSPS) is 9.29. The lowest BCUT2D eigenvalue weighted by Gasteiger charge is -2.01. The van der Waals surface area contributed by atoms with Gasteiger partial charge in [-0.15, -0.1) is 0 Å². The summed E-state index contributed by atoms with van der Waals surface area (Å²) in [5, 5.41) is 3.15. The fourth-order valence-corrected chi connectivity index (χ4v) is 0.944. The first-order valence-corrected chi connectivity index (χ1v) is 4.18. The quantitative estimate of drug-likeness (QED) is 0.344. The topological polar surface area (TPSA) is 96.7 Å². The Morgan fingerprint density at radius 3 is 2.50 bits per heavy atom. The van der Waals surface area contributed by atoms with Crippen LogP contribution in [0.15, 0.2) is 5.11 Å². The van der Waals surface area contributed by atoms with Crippen LogP contribution in [0.5, 0.6) is 6.01 Å². The Morgan fingerprint density at radius 1 is 1.29 bits per heavy atom. The van der Waals surface area contributed by atoms with Crippen molar-refractivity contribution in [3.63, 3.8) is 0 Å². The molecule has 0 spiro atoms. The van der Waals surface area contributed by atoms with Crippen LogP contribution in [0.2, 0.25) is 10.6 Å². The minimum absolute atomic E-state index is 0.00291. The second-order valence-corrected chi connectivity index (χ2v) is 2.64. The van der Waals surface area contributed by atoms with Gasteiger partial charge in [0.15, 0.2) is 0 Å². The van der Waals surface area contributed by atoms with Gasteiger partial charge in [0.1, 0.15) is 0 Å². The highest BCUT2D eigenvalue weighted by Gasteiger charge is 2.02. The molecule has 1 aromatic rings. The number of aromatic nitrogens is 3. The average Bonchev–Trinajstić information content (AvgIpc) is 2.11. The molecular weight excluding hydrogens is 231 g/mol. The predicted octanol–water partition coefficient (Wildman–Crippen LogP) is 1.87. The van der Waals surface area contributed by atoms with E-state index in [1.54, 1.807) is 0 Å². The first kappa shape index (κ1) is 10.8. The monoisotopic (exact) mass is 234 g/mol. The van der Waals surface area contributed by atoms with E-state index in [4.69, 9.17) is 33.5 Å². The smallest absolute Gasteiger partial charge is 0.322 e. The van der Waals surface area contributed by atoms with Crippen molar-refractivity contribution in [1.29, 1.82) is 0 Å². The van der Waals surface area contributed by atoms with Crippen LogP contribution >= 0.6 is 23.2 Å². The van der Waals surface area contributed by atoms with Gasteiger partial charge in [-0.2, -0.15) is 15.0 Å². The molecule has 0 aliphatic rings. The molecule has 0 amide bonds. The zero-order valence-corrected chi connectivity index (χ0v) is 8.27. The highest BCUT2D eigenvalue weighted by molar-refractivity contribution is 6.31. The lowest BCUT2D eigenvalue weighted by Crippen LogP contribution is -2.04. The van der Waals surface area contributed by atoms with Crippen molar-refractivity contribution < 1.29 is 4.74 Å². The maximum Gasteiger partial charge on any atom is 0.322 e. The molecular formula is C5H4Cl2N6O. The van der Waals surface area contributed by atoms with Crippen molar-refractivity contribution in [2.45, 2.75) is 0 Å². The van der Waals surface area contributed by atoms with Crippen molar-refractivity contribution in [2.75, 3.05) is 13.2 Å². The van der Waals surface area contributed by atoms with Gasteiger partial charge >= 0.3 is 6.01 Å². The number of halogens is 2. The summed E-state index contributed by atoms with van der Waals surface area (Å²) in [6.07, 6.45) is 0. The summed E-state index contributed by atoms with van der Waals surface area (Å²) in [6, 6.07) is 0.00291. The maximum absolute atomic E-state index is 7.97. The van der Waals surface area contributed by atoms with Gasteiger partial charge in [-0.25, -0.2) is 0 Å². The van der Waals surface area contributed by atoms with Gasteiger partial charge in [0, 0.05) is 4.91 Å². The Labute approximate surface area is 88.7 Å². The summed E-state index contributed by atoms with van der Waals surface area (Å²) in [7, 11) is 0. The summed E-state index contributed by atoms with van der Waals surface area (Å²) in [5.74, 6) is 0. The third-order valence-corrected chi connectivity index (χ3v) is 1.38. The molecule has 0 fully saturated rings. The van der Waals surface area contributed by atoms with Crippen LogP contribution in [0.25, 0.3) is 10.4 Å².